The summed E-state index contributed by atoms with van der Waals surface area (Å²) in [5.41, 5.74) is 6.82. The average Bonchev–Trinajstić information content (AvgIpc) is 2.28. The van der Waals surface area contributed by atoms with E-state index in [0.717, 1.165) is 25.1 Å². The first kappa shape index (κ1) is 14.1. The second-order valence-corrected chi connectivity index (χ2v) is 4.77. The number of hydrogen-bond donors (Lipinski definition) is 1. The van der Waals surface area contributed by atoms with Gasteiger partial charge in [0.25, 0.3) is 0 Å². The van der Waals surface area contributed by atoms with Crippen LogP contribution in [0.4, 0.5) is 5.69 Å². The quantitative estimate of drug-likeness (QED) is 0.851. The van der Waals surface area contributed by atoms with E-state index in [0.29, 0.717) is 10.8 Å². The van der Waals surface area contributed by atoms with Crippen molar-refractivity contribution in [3.8, 4) is 5.75 Å². The number of benzene rings is 1. The summed E-state index contributed by atoms with van der Waals surface area (Å²) in [5, 5.41) is 0.643. The molecule has 17 heavy (non-hydrogen) atoms. The van der Waals surface area contributed by atoms with E-state index in [1.54, 1.807) is 7.11 Å². The molecule has 3 nitrogen and oxygen atoms in total. The van der Waals surface area contributed by atoms with E-state index >= 15 is 0 Å². The number of ether oxygens (including phenoxy) is 1. The maximum atomic E-state index is 6.09. The van der Waals surface area contributed by atoms with Gasteiger partial charge in [-0.3, -0.25) is 0 Å². The van der Waals surface area contributed by atoms with Crippen molar-refractivity contribution in [1.82, 2.24) is 0 Å². The SMILES string of the molecule is COc1ccc(N(C)CCCC(C)N)cc1Cl. The monoisotopic (exact) mass is 256 g/mol. The van der Waals surface area contributed by atoms with E-state index in [2.05, 4.69) is 11.9 Å². The molecule has 1 unspecified atom stereocenters. The third-order valence-corrected chi connectivity index (χ3v) is 3.02. The molecule has 1 aromatic carbocycles. The Balaban J connectivity index is 2.57. The van der Waals surface area contributed by atoms with Gasteiger partial charge in [0, 0.05) is 25.3 Å². The predicted octanol–water partition coefficient (Wildman–Crippen LogP) is 2.91. The van der Waals surface area contributed by atoms with E-state index in [-0.39, 0.29) is 6.04 Å². The Morgan fingerprint density at radius 1 is 1.47 bits per heavy atom. The Hall–Kier alpha value is -0.930. The zero-order valence-corrected chi connectivity index (χ0v) is 11.5. The molecule has 0 aromatic heterocycles. The standard InChI is InChI=1S/C13H21ClN2O/c1-10(15)5-4-8-16(2)11-6-7-13(17-3)12(14)9-11/h6-7,9-10H,4-5,8,15H2,1-3H3. The number of nitrogens with two attached hydrogens (primary N) is 1. The van der Waals surface area contributed by atoms with E-state index in [4.69, 9.17) is 22.1 Å². The lowest BCUT2D eigenvalue weighted by atomic mass is 10.2. The summed E-state index contributed by atoms with van der Waals surface area (Å²) >= 11 is 6.09. The van der Waals surface area contributed by atoms with Crippen molar-refractivity contribution in [2.75, 3.05) is 25.6 Å². The van der Waals surface area contributed by atoms with Crippen molar-refractivity contribution in [2.24, 2.45) is 5.73 Å². The van der Waals surface area contributed by atoms with Crippen LogP contribution in [0.5, 0.6) is 5.75 Å². The first-order chi connectivity index (χ1) is 8.04. The maximum absolute atomic E-state index is 6.09. The molecule has 0 radical (unpaired) electrons. The van der Waals surface area contributed by atoms with Crippen molar-refractivity contribution in [1.29, 1.82) is 0 Å². The van der Waals surface area contributed by atoms with Crippen LogP contribution in [0, 0.1) is 0 Å². The summed E-state index contributed by atoms with van der Waals surface area (Å²) in [6, 6.07) is 6.09. The fourth-order valence-corrected chi connectivity index (χ4v) is 1.92. The fraction of sp³-hybridized carbons (Fsp3) is 0.538. The average molecular weight is 257 g/mol. The molecule has 2 N–H and O–H groups in total. The van der Waals surface area contributed by atoms with Gasteiger partial charge in [0.1, 0.15) is 5.75 Å². The Kier molecular flexibility index (Phi) is 5.59. The molecule has 1 aromatic rings. The van der Waals surface area contributed by atoms with Crippen LogP contribution in [0.1, 0.15) is 19.8 Å². The lowest BCUT2D eigenvalue weighted by Gasteiger charge is -2.20. The van der Waals surface area contributed by atoms with Gasteiger partial charge in [0.15, 0.2) is 0 Å². The van der Waals surface area contributed by atoms with Gasteiger partial charge in [-0.05, 0) is 38.0 Å². The van der Waals surface area contributed by atoms with Crippen molar-refractivity contribution < 1.29 is 4.74 Å². The second-order valence-electron chi connectivity index (χ2n) is 4.36. The van der Waals surface area contributed by atoms with Crippen LogP contribution in [-0.2, 0) is 0 Å². The van der Waals surface area contributed by atoms with Gasteiger partial charge < -0.3 is 15.4 Å². The van der Waals surface area contributed by atoms with Crippen molar-refractivity contribution in [2.45, 2.75) is 25.8 Å². The molecule has 4 heteroatoms. The smallest absolute Gasteiger partial charge is 0.137 e. The first-order valence-electron chi connectivity index (χ1n) is 5.85. The van der Waals surface area contributed by atoms with Crippen molar-refractivity contribution in [3.05, 3.63) is 23.2 Å². The number of halogens is 1. The molecule has 0 saturated heterocycles. The molecule has 0 fully saturated rings. The molecule has 0 amide bonds. The minimum atomic E-state index is 0.267. The highest BCUT2D eigenvalue weighted by Crippen LogP contribution is 2.28. The summed E-state index contributed by atoms with van der Waals surface area (Å²) in [4.78, 5) is 2.17. The van der Waals surface area contributed by atoms with Gasteiger partial charge in [-0.2, -0.15) is 0 Å². The summed E-state index contributed by atoms with van der Waals surface area (Å²) in [5.74, 6) is 0.708. The van der Waals surface area contributed by atoms with Crippen LogP contribution in [-0.4, -0.2) is 26.7 Å². The molecular weight excluding hydrogens is 236 g/mol. The topological polar surface area (TPSA) is 38.5 Å². The lowest BCUT2D eigenvalue weighted by Crippen LogP contribution is -2.22. The Bertz CT molecular complexity index is 355. The molecule has 1 atom stereocenters. The number of hydrogen-bond acceptors (Lipinski definition) is 3. The highest BCUT2D eigenvalue weighted by molar-refractivity contribution is 6.32. The van der Waals surface area contributed by atoms with Gasteiger partial charge >= 0.3 is 0 Å². The number of rotatable bonds is 6. The first-order valence-corrected chi connectivity index (χ1v) is 6.22. The number of methoxy groups -OCH3 is 1. The summed E-state index contributed by atoms with van der Waals surface area (Å²) < 4.78 is 5.13. The third kappa shape index (κ3) is 4.44. The third-order valence-electron chi connectivity index (χ3n) is 2.73. The van der Waals surface area contributed by atoms with E-state index in [9.17, 15) is 0 Å². The molecule has 0 aliphatic rings. The molecule has 0 aliphatic carbocycles. The molecule has 1 rings (SSSR count). The molecule has 0 spiro atoms. The highest BCUT2D eigenvalue weighted by atomic mass is 35.5. The van der Waals surface area contributed by atoms with Gasteiger partial charge in [0.05, 0.1) is 12.1 Å². The molecular formula is C13H21ClN2O. The van der Waals surface area contributed by atoms with Gasteiger partial charge in [0.2, 0.25) is 0 Å². The minimum Gasteiger partial charge on any atom is -0.495 e. The zero-order chi connectivity index (χ0) is 12.8. The van der Waals surface area contributed by atoms with Gasteiger partial charge in [-0.25, -0.2) is 0 Å². The van der Waals surface area contributed by atoms with E-state index in [1.807, 2.05) is 25.1 Å². The molecule has 0 saturated carbocycles. The fourth-order valence-electron chi connectivity index (χ4n) is 1.67. The van der Waals surface area contributed by atoms with Crippen LogP contribution in [0.25, 0.3) is 0 Å². The van der Waals surface area contributed by atoms with Gasteiger partial charge in [-0.15, -0.1) is 0 Å². The Labute approximate surface area is 109 Å². The second kappa shape index (κ2) is 6.72. The molecule has 0 aliphatic heterocycles. The summed E-state index contributed by atoms with van der Waals surface area (Å²) in [6.45, 7) is 3.01. The normalized spacial score (nSPS) is 12.3. The van der Waals surface area contributed by atoms with Gasteiger partial charge in [-0.1, -0.05) is 11.6 Å². The number of anilines is 1. The van der Waals surface area contributed by atoms with E-state index < -0.39 is 0 Å². The van der Waals surface area contributed by atoms with Crippen LogP contribution < -0.4 is 15.4 Å². The maximum Gasteiger partial charge on any atom is 0.137 e. The van der Waals surface area contributed by atoms with Crippen LogP contribution in [0.2, 0.25) is 5.02 Å². The minimum absolute atomic E-state index is 0.267. The molecule has 96 valence electrons. The van der Waals surface area contributed by atoms with E-state index in [1.165, 1.54) is 0 Å². The highest BCUT2D eigenvalue weighted by Gasteiger charge is 2.05. The molecule has 0 heterocycles. The summed E-state index contributed by atoms with van der Waals surface area (Å²) in [7, 11) is 3.67. The van der Waals surface area contributed by atoms with Crippen LogP contribution in [0.3, 0.4) is 0 Å². The van der Waals surface area contributed by atoms with Crippen LogP contribution in [0.15, 0.2) is 18.2 Å². The zero-order valence-electron chi connectivity index (χ0n) is 10.7. The number of nitrogens with zero attached hydrogens (tertiary/aromatic N) is 1. The molecule has 0 bridgehead atoms. The van der Waals surface area contributed by atoms with Crippen molar-refractivity contribution >= 4 is 17.3 Å². The lowest BCUT2D eigenvalue weighted by molar-refractivity contribution is 0.415. The Morgan fingerprint density at radius 2 is 2.18 bits per heavy atom. The van der Waals surface area contributed by atoms with Crippen LogP contribution >= 0.6 is 11.6 Å². The Morgan fingerprint density at radius 3 is 2.71 bits per heavy atom. The van der Waals surface area contributed by atoms with Crippen molar-refractivity contribution in [3.63, 3.8) is 0 Å². The summed E-state index contributed by atoms with van der Waals surface area (Å²) in [6.07, 6.45) is 2.12. The predicted molar refractivity (Wildman–Crippen MR) is 74.2 cm³/mol. The largest absolute Gasteiger partial charge is 0.495 e.